The number of anilines is 1. The van der Waals surface area contributed by atoms with Crippen LogP contribution < -0.4 is 11.1 Å². The largest absolute Gasteiger partial charge is 0.385 e. The van der Waals surface area contributed by atoms with Gasteiger partial charge in [-0.1, -0.05) is 0 Å². The lowest BCUT2D eigenvalue weighted by molar-refractivity contribution is -0.162. The molecular weight excluding hydrogens is 467 g/mol. The molecule has 35 heavy (non-hydrogen) atoms. The highest BCUT2D eigenvalue weighted by atomic mass is 19.3. The van der Waals surface area contributed by atoms with Crippen molar-refractivity contribution in [3.05, 3.63) is 52.7 Å². The highest BCUT2D eigenvalue weighted by molar-refractivity contribution is 5.86. The van der Waals surface area contributed by atoms with Gasteiger partial charge in [0.25, 0.3) is 6.43 Å². The molecule has 1 fully saturated rings. The van der Waals surface area contributed by atoms with Crippen LogP contribution in [0.25, 0.3) is 11.0 Å². The second-order valence-corrected chi connectivity index (χ2v) is 9.46. The average Bonchev–Trinajstić information content (AvgIpc) is 3.33. The predicted octanol–water partition coefficient (Wildman–Crippen LogP) is 1.65. The first-order valence-corrected chi connectivity index (χ1v) is 11.1. The third-order valence-electron chi connectivity index (χ3n) is 7.14. The minimum absolute atomic E-state index is 0.00143. The molecule has 0 radical (unpaired) electrons. The minimum Gasteiger partial charge on any atom is -0.385 e. The Morgan fingerprint density at radius 1 is 1.34 bits per heavy atom. The van der Waals surface area contributed by atoms with Gasteiger partial charge in [0.1, 0.15) is 47.0 Å². The molecule has 188 valence electrons. The highest BCUT2D eigenvalue weighted by Crippen LogP contribution is 2.48. The van der Waals surface area contributed by atoms with Gasteiger partial charge >= 0.3 is 0 Å². The number of aliphatic hydroxyl groups excluding tert-OH is 1. The second kappa shape index (κ2) is 8.14. The number of hydrogen-bond acceptors (Lipinski definition) is 8. The topological polar surface area (TPSA) is 139 Å². The molecule has 0 spiro atoms. The van der Waals surface area contributed by atoms with Crippen molar-refractivity contribution in [3.8, 4) is 0 Å². The molecule has 5 rings (SSSR count). The number of nitrogens with zero attached hydrogens (tertiary/aromatic N) is 3. The van der Waals surface area contributed by atoms with Crippen molar-refractivity contribution >= 4 is 16.9 Å². The summed E-state index contributed by atoms with van der Waals surface area (Å²) >= 11 is 0. The van der Waals surface area contributed by atoms with Crippen LogP contribution >= 0.6 is 0 Å². The van der Waals surface area contributed by atoms with E-state index >= 15 is 0 Å². The van der Waals surface area contributed by atoms with E-state index in [0.717, 1.165) is 6.07 Å². The number of benzene rings is 1. The summed E-state index contributed by atoms with van der Waals surface area (Å²) in [7, 11) is 0. The number of nitrogen functional groups attached to an aromatic ring is 1. The number of rotatable bonds is 4. The van der Waals surface area contributed by atoms with E-state index in [0.29, 0.717) is 23.1 Å². The van der Waals surface area contributed by atoms with Crippen molar-refractivity contribution in [3.63, 3.8) is 0 Å². The molecular formula is C23H26F3N5O4. The number of nitrogens with two attached hydrogens (primary N) is 1. The molecule has 0 saturated carbocycles. The van der Waals surface area contributed by atoms with Crippen LogP contribution in [0.5, 0.6) is 0 Å². The Morgan fingerprint density at radius 2 is 2.09 bits per heavy atom. The Kier molecular flexibility index (Phi) is 5.57. The van der Waals surface area contributed by atoms with Crippen LogP contribution in [0.15, 0.2) is 24.7 Å². The summed E-state index contributed by atoms with van der Waals surface area (Å²) in [6.45, 7) is 3.11. The number of hydrogen-bond donors (Lipinski definition) is 5. The first-order chi connectivity index (χ1) is 16.5. The summed E-state index contributed by atoms with van der Waals surface area (Å²) in [5.74, 6) is -0.786. The van der Waals surface area contributed by atoms with E-state index in [1.54, 1.807) is 12.3 Å². The lowest BCUT2D eigenvalue weighted by Gasteiger charge is -2.39. The number of alkyl halides is 2. The fourth-order valence-electron chi connectivity index (χ4n) is 5.33. The Morgan fingerprint density at radius 3 is 2.80 bits per heavy atom. The van der Waals surface area contributed by atoms with Crippen LogP contribution in [0.3, 0.4) is 0 Å². The van der Waals surface area contributed by atoms with E-state index in [1.165, 1.54) is 24.7 Å². The SMILES string of the molecule is CC(O)(c1cc(C(F)F)c(F)c2c1CNCC2)[C@H]1O[C@@H](n2ccc3c(N)ncnc32)[C@H](O)[C@]1(C)O. The van der Waals surface area contributed by atoms with Crippen molar-refractivity contribution in [2.45, 2.75) is 62.9 Å². The van der Waals surface area contributed by atoms with Gasteiger partial charge in [0, 0.05) is 12.7 Å². The molecule has 0 amide bonds. The summed E-state index contributed by atoms with van der Waals surface area (Å²) in [6, 6.07) is 2.54. The maximum absolute atomic E-state index is 14.9. The molecule has 0 bridgehead atoms. The van der Waals surface area contributed by atoms with Crippen molar-refractivity contribution in [1.29, 1.82) is 0 Å². The highest BCUT2D eigenvalue weighted by Gasteiger charge is 2.60. The zero-order valence-electron chi connectivity index (χ0n) is 19.0. The number of ether oxygens (including phenoxy) is 1. The normalized spacial score (nSPS) is 28.4. The molecule has 2 aliphatic rings. The Balaban J connectivity index is 1.61. The molecule has 6 N–H and O–H groups in total. The van der Waals surface area contributed by atoms with E-state index in [4.69, 9.17) is 10.5 Å². The quantitative estimate of drug-likeness (QED) is 0.370. The number of aliphatic hydroxyl groups is 3. The molecule has 5 atom stereocenters. The van der Waals surface area contributed by atoms with Gasteiger partial charge in [0.2, 0.25) is 0 Å². The molecule has 1 unspecified atom stereocenters. The molecule has 9 nitrogen and oxygen atoms in total. The lowest BCUT2D eigenvalue weighted by Crippen LogP contribution is -2.54. The van der Waals surface area contributed by atoms with E-state index in [-0.39, 0.29) is 29.9 Å². The van der Waals surface area contributed by atoms with Gasteiger partial charge in [-0.3, -0.25) is 0 Å². The van der Waals surface area contributed by atoms with E-state index in [9.17, 15) is 28.5 Å². The Hall–Kier alpha value is -2.77. The van der Waals surface area contributed by atoms with E-state index < -0.39 is 47.4 Å². The molecule has 1 aromatic carbocycles. The zero-order valence-corrected chi connectivity index (χ0v) is 19.0. The van der Waals surface area contributed by atoms with Crippen LogP contribution in [-0.4, -0.2) is 54.2 Å². The molecule has 12 heteroatoms. The lowest BCUT2D eigenvalue weighted by atomic mass is 9.76. The van der Waals surface area contributed by atoms with Gasteiger partial charge in [0.05, 0.1) is 10.9 Å². The smallest absolute Gasteiger partial charge is 0.266 e. The summed E-state index contributed by atoms with van der Waals surface area (Å²) in [6.07, 6.45) is -4.38. The predicted molar refractivity (Wildman–Crippen MR) is 119 cm³/mol. The molecule has 2 aliphatic heterocycles. The van der Waals surface area contributed by atoms with Crippen molar-refractivity contribution in [2.24, 2.45) is 0 Å². The maximum Gasteiger partial charge on any atom is 0.266 e. The van der Waals surface area contributed by atoms with Crippen LogP contribution in [-0.2, 0) is 23.3 Å². The number of fused-ring (bicyclic) bond motifs is 2. The maximum atomic E-state index is 14.9. The molecule has 1 saturated heterocycles. The van der Waals surface area contributed by atoms with Gasteiger partial charge < -0.3 is 35.7 Å². The second-order valence-electron chi connectivity index (χ2n) is 9.46. The van der Waals surface area contributed by atoms with Crippen LogP contribution in [0.2, 0.25) is 0 Å². The van der Waals surface area contributed by atoms with Crippen LogP contribution in [0.4, 0.5) is 19.0 Å². The standard InChI is InChI=1S/C23H26F3N5O4/c1-22(33,14-7-12(17(25)26)15(24)10-3-5-28-8-13(10)14)21-23(2,34)16(32)20(35-21)31-6-4-11-18(27)29-9-30-19(11)31/h4,6-7,9,16-17,20-21,28,32-34H,3,5,8H2,1-2H3,(H2,27,29,30)/t16-,20+,21+,22?,23-/m0/s1. The minimum atomic E-state index is -3.11. The average molecular weight is 493 g/mol. The van der Waals surface area contributed by atoms with Crippen molar-refractivity contribution in [1.82, 2.24) is 19.9 Å². The number of halogens is 3. The number of nitrogens with one attached hydrogen (secondary N) is 1. The monoisotopic (exact) mass is 493 g/mol. The van der Waals surface area contributed by atoms with Gasteiger partial charge in [-0.2, -0.15) is 0 Å². The molecule has 4 heterocycles. The van der Waals surface area contributed by atoms with Gasteiger partial charge in [0.15, 0.2) is 6.23 Å². The third kappa shape index (κ3) is 3.51. The summed E-state index contributed by atoms with van der Waals surface area (Å²) in [5, 5.41) is 37.6. The van der Waals surface area contributed by atoms with E-state index in [1.807, 2.05) is 0 Å². The molecule has 3 aromatic rings. The summed E-state index contributed by atoms with van der Waals surface area (Å²) in [5.41, 5.74) is 1.69. The molecule has 2 aromatic heterocycles. The zero-order chi connectivity index (χ0) is 25.3. The fourth-order valence-corrected chi connectivity index (χ4v) is 5.33. The van der Waals surface area contributed by atoms with Gasteiger partial charge in [-0.25, -0.2) is 23.1 Å². The number of aromatic nitrogens is 3. The first-order valence-electron chi connectivity index (χ1n) is 11.1. The van der Waals surface area contributed by atoms with Crippen LogP contribution in [0.1, 0.15) is 48.8 Å². The van der Waals surface area contributed by atoms with Crippen molar-refractivity contribution in [2.75, 3.05) is 12.3 Å². The van der Waals surface area contributed by atoms with Crippen LogP contribution in [0, 0.1) is 5.82 Å². The summed E-state index contributed by atoms with van der Waals surface area (Å²) < 4.78 is 49.7. The Labute approximate surface area is 198 Å². The first kappa shape index (κ1) is 23.9. The van der Waals surface area contributed by atoms with E-state index in [2.05, 4.69) is 15.3 Å². The summed E-state index contributed by atoms with van der Waals surface area (Å²) in [4.78, 5) is 8.10. The third-order valence-corrected chi connectivity index (χ3v) is 7.14. The molecule has 0 aliphatic carbocycles. The van der Waals surface area contributed by atoms with Gasteiger partial charge in [-0.05, 0) is 55.6 Å². The fraction of sp³-hybridized carbons (Fsp3) is 0.478. The van der Waals surface area contributed by atoms with Crippen molar-refractivity contribution < 1.29 is 33.2 Å². The van der Waals surface area contributed by atoms with Gasteiger partial charge in [-0.15, -0.1) is 0 Å². The Bertz CT molecular complexity index is 1300.